The van der Waals surface area contributed by atoms with Crippen LogP contribution in [0.25, 0.3) is 0 Å². The molecule has 0 spiro atoms. The zero-order chi connectivity index (χ0) is 15.6. The first-order valence-electron chi connectivity index (χ1n) is 5.99. The van der Waals surface area contributed by atoms with Crippen molar-refractivity contribution in [2.75, 3.05) is 5.32 Å². The molecule has 4 nitrogen and oxygen atoms in total. The van der Waals surface area contributed by atoms with Crippen molar-refractivity contribution in [1.82, 2.24) is 0 Å². The molecule has 0 aromatic heterocycles. The number of benzene rings is 2. The number of anilines is 1. The summed E-state index contributed by atoms with van der Waals surface area (Å²) in [6, 6.07) is 9.34. The van der Waals surface area contributed by atoms with Crippen LogP contribution in [-0.2, 0) is 0 Å². The largest absolute Gasteiger partial charge is 0.478 e. The number of hydrogen-bond donors (Lipinski definition) is 2. The van der Waals surface area contributed by atoms with E-state index in [1.807, 2.05) is 0 Å². The number of aryl methyl sites for hydroxylation is 1. The first kappa shape index (κ1) is 15.4. The highest BCUT2D eigenvalue weighted by Gasteiger charge is 2.17. The van der Waals surface area contributed by atoms with Crippen LogP contribution in [0.3, 0.4) is 0 Å². The highest BCUT2D eigenvalue weighted by atomic mass is 35.5. The Hall–Kier alpha value is -2.04. The Morgan fingerprint density at radius 2 is 1.86 bits per heavy atom. The van der Waals surface area contributed by atoms with Crippen molar-refractivity contribution in [3.05, 3.63) is 63.1 Å². The summed E-state index contributed by atoms with van der Waals surface area (Å²) in [5, 5.41) is 12.3. The van der Waals surface area contributed by atoms with E-state index in [0.29, 0.717) is 16.1 Å². The van der Waals surface area contributed by atoms with Crippen LogP contribution in [0.5, 0.6) is 0 Å². The minimum atomic E-state index is -1.20. The van der Waals surface area contributed by atoms with Crippen molar-refractivity contribution in [2.24, 2.45) is 0 Å². The van der Waals surface area contributed by atoms with Gasteiger partial charge in [-0.3, -0.25) is 4.79 Å². The average molecular weight is 324 g/mol. The standard InChI is InChI=1S/C15H11Cl2NO3/c1-8-7-9(16)5-6-10(8)14(19)18-12-4-2-3-11(17)13(12)15(20)21/h2-7H,1H3,(H,18,19)(H,20,21). The summed E-state index contributed by atoms with van der Waals surface area (Å²) >= 11 is 11.7. The number of carboxylic acid groups (broad SMARTS) is 1. The predicted octanol–water partition coefficient (Wildman–Crippen LogP) is 4.25. The van der Waals surface area contributed by atoms with Gasteiger partial charge in [-0.1, -0.05) is 29.3 Å². The van der Waals surface area contributed by atoms with Crippen molar-refractivity contribution in [3.8, 4) is 0 Å². The number of carbonyl (C=O) groups is 2. The third kappa shape index (κ3) is 3.35. The molecule has 2 aromatic carbocycles. The van der Waals surface area contributed by atoms with Gasteiger partial charge in [0.15, 0.2) is 0 Å². The molecule has 0 fully saturated rings. The van der Waals surface area contributed by atoms with Gasteiger partial charge in [0.25, 0.3) is 5.91 Å². The molecular formula is C15H11Cl2NO3. The molecule has 2 aromatic rings. The van der Waals surface area contributed by atoms with Gasteiger partial charge >= 0.3 is 5.97 Å². The number of carboxylic acids is 1. The van der Waals surface area contributed by atoms with Crippen LogP contribution in [0.2, 0.25) is 10.0 Å². The van der Waals surface area contributed by atoms with Crippen molar-refractivity contribution in [1.29, 1.82) is 0 Å². The Morgan fingerprint density at radius 1 is 1.14 bits per heavy atom. The lowest BCUT2D eigenvalue weighted by Gasteiger charge is -2.11. The van der Waals surface area contributed by atoms with Crippen molar-refractivity contribution in [3.63, 3.8) is 0 Å². The molecule has 1 amide bonds. The van der Waals surface area contributed by atoms with Crippen LogP contribution in [0.15, 0.2) is 36.4 Å². The molecule has 0 saturated carbocycles. The Morgan fingerprint density at radius 3 is 2.48 bits per heavy atom. The first-order valence-corrected chi connectivity index (χ1v) is 6.75. The van der Waals surface area contributed by atoms with Gasteiger partial charge in [-0.15, -0.1) is 0 Å². The summed E-state index contributed by atoms with van der Waals surface area (Å²) in [6.45, 7) is 1.75. The lowest BCUT2D eigenvalue weighted by Crippen LogP contribution is -2.16. The summed E-state index contributed by atoms with van der Waals surface area (Å²) in [4.78, 5) is 23.5. The van der Waals surface area contributed by atoms with Crippen molar-refractivity contribution in [2.45, 2.75) is 6.92 Å². The maximum Gasteiger partial charge on any atom is 0.339 e. The van der Waals surface area contributed by atoms with E-state index in [1.54, 1.807) is 31.2 Å². The molecule has 0 bridgehead atoms. The van der Waals surface area contributed by atoms with E-state index in [2.05, 4.69) is 5.32 Å². The van der Waals surface area contributed by atoms with E-state index < -0.39 is 11.9 Å². The zero-order valence-corrected chi connectivity index (χ0v) is 12.5. The molecule has 0 aliphatic rings. The summed E-state index contributed by atoms with van der Waals surface area (Å²) < 4.78 is 0. The summed E-state index contributed by atoms with van der Waals surface area (Å²) in [5.41, 5.74) is 1.11. The smallest absolute Gasteiger partial charge is 0.339 e. The molecule has 0 atom stereocenters. The molecule has 0 radical (unpaired) electrons. The minimum Gasteiger partial charge on any atom is -0.478 e. The fraction of sp³-hybridized carbons (Fsp3) is 0.0667. The molecule has 0 unspecified atom stereocenters. The molecule has 0 saturated heterocycles. The van der Waals surface area contributed by atoms with E-state index in [1.165, 1.54) is 12.1 Å². The predicted molar refractivity (Wildman–Crippen MR) is 82.6 cm³/mol. The van der Waals surface area contributed by atoms with E-state index in [0.717, 1.165) is 0 Å². The minimum absolute atomic E-state index is 0.0631. The van der Waals surface area contributed by atoms with E-state index in [-0.39, 0.29) is 16.3 Å². The SMILES string of the molecule is Cc1cc(Cl)ccc1C(=O)Nc1cccc(Cl)c1C(=O)O. The number of carbonyl (C=O) groups excluding carboxylic acids is 1. The van der Waals surface area contributed by atoms with E-state index in [9.17, 15) is 9.59 Å². The van der Waals surface area contributed by atoms with Crippen LogP contribution in [0.1, 0.15) is 26.3 Å². The molecule has 6 heteroatoms. The molecule has 2 rings (SSSR count). The number of halogens is 2. The highest BCUT2D eigenvalue weighted by Crippen LogP contribution is 2.25. The third-order valence-electron chi connectivity index (χ3n) is 2.91. The highest BCUT2D eigenvalue weighted by molar-refractivity contribution is 6.34. The Bertz CT molecular complexity index is 729. The van der Waals surface area contributed by atoms with Crippen LogP contribution in [0.4, 0.5) is 5.69 Å². The van der Waals surface area contributed by atoms with E-state index >= 15 is 0 Å². The summed E-state index contributed by atoms with van der Waals surface area (Å²) in [6.07, 6.45) is 0. The van der Waals surface area contributed by atoms with Crippen LogP contribution >= 0.6 is 23.2 Å². The second-order valence-electron chi connectivity index (χ2n) is 4.38. The van der Waals surface area contributed by atoms with Gasteiger partial charge in [-0.05, 0) is 42.8 Å². The monoisotopic (exact) mass is 323 g/mol. The van der Waals surface area contributed by atoms with Crippen molar-refractivity contribution < 1.29 is 14.7 Å². The number of hydrogen-bond acceptors (Lipinski definition) is 2. The van der Waals surface area contributed by atoms with Crippen LogP contribution in [0, 0.1) is 6.92 Å². The lowest BCUT2D eigenvalue weighted by molar-refractivity contribution is 0.0698. The fourth-order valence-corrected chi connectivity index (χ4v) is 2.40. The third-order valence-corrected chi connectivity index (χ3v) is 3.46. The number of rotatable bonds is 3. The first-order chi connectivity index (χ1) is 9.90. The topological polar surface area (TPSA) is 66.4 Å². The Balaban J connectivity index is 2.36. The summed E-state index contributed by atoms with van der Waals surface area (Å²) in [5.74, 6) is -1.63. The van der Waals surface area contributed by atoms with Gasteiger partial charge < -0.3 is 10.4 Å². The lowest BCUT2D eigenvalue weighted by atomic mass is 10.1. The Labute approximate surface area is 131 Å². The molecule has 2 N–H and O–H groups in total. The number of amides is 1. The van der Waals surface area contributed by atoms with Crippen molar-refractivity contribution >= 4 is 40.8 Å². The van der Waals surface area contributed by atoms with Gasteiger partial charge in [0.1, 0.15) is 5.56 Å². The second-order valence-corrected chi connectivity index (χ2v) is 5.22. The number of nitrogens with one attached hydrogen (secondary N) is 1. The number of aromatic carboxylic acids is 1. The molecular weight excluding hydrogens is 313 g/mol. The van der Waals surface area contributed by atoms with Gasteiger partial charge in [-0.25, -0.2) is 4.79 Å². The maximum atomic E-state index is 12.2. The quantitative estimate of drug-likeness (QED) is 0.887. The van der Waals surface area contributed by atoms with Gasteiger partial charge in [0, 0.05) is 10.6 Å². The van der Waals surface area contributed by atoms with Gasteiger partial charge in [-0.2, -0.15) is 0 Å². The summed E-state index contributed by atoms with van der Waals surface area (Å²) in [7, 11) is 0. The molecule has 0 aliphatic carbocycles. The second kappa shape index (κ2) is 6.16. The molecule has 0 heterocycles. The van der Waals surface area contributed by atoms with Gasteiger partial charge in [0.2, 0.25) is 0 Å². The zero-order valence-electron chi connectivity index (χ0n) is 11.0. The average Bonchev–Trinajstić information content (AvgIpc) is 2.37. The normalized spacial score (nSPS) is 10.2. The van der Waals surface area contributed by atoms with Gasteiger partial charge in [0.05, 0.1) is 10.7 Å². The molecule has 0 aliphatic heterocycles. The Kier molecular flexibility index (Phi) is 4.50. The van der Waals surface area contributed by atoms with Crippen LogP contribution < -0.4 is 5.32 Å². The molecule has 108 valence electrons. The van der Waals surface area contributed by atoms with Crippen LogP contribution in [-0.4, -0.2) is 17.0 Å². The molecule has 21 heavy (non-hydrogen) atoms. The fourth-order valence-electron chi connectivity index (χ4n) is 1.92. The van der Waals surface area contributed by atoms with E-state index in [4.69, 9.17) is 28.3 Å². The maximum absolute atomic E-state index is 12.2.